The normalized spacial score (nSPS) is 20.2. The van der Waals surface area contributed by atoms with Crippen molar-refractivity contribution in [3.63, 3.8) is 0 Å². The van der Waals surface area contributed by atoms with E-state index in [4.69, 9.17) is 4.42 Å². The van der Waals surface area contributed by atoms with Crippen molar-refractivity contribution in [1.82, 2.24) is 15.1 Å². The number of carbonyl (C=O) groups excluding carboxylic acids is 4. The summed E-state index contributed by atoms with van der Waals surface area (Å²) in [6, 6.07) is 8.49. The maximum atomic E-state index is 13.6. The third-order valence-corrected chi connectivity index (χ3v) is 6.65. The third kappa shape index (κ3) is 4.94. The average molecular weight is 481 g/mol. The molecule has 2 fully saturated rings. The highest BCUT2D eigenvalue weighted by Gasteiger charge is 2.52. The topological polar surface area (TPSA) is 103 Å². The minimum absolute atomic E-state index is 0.0575. The number of fused-ring (bicyclic) bond motifs is 1. The lowest BCUT2D eigenvalue weighted by Crippen LogP contribution is -2.53. The molecule has 2 saturated heterocycles. The highest BCUT2D eigenvalue weighted by Crippen LogP contribution is 2.32. The molecule has 1 aromatic heterocycles. The maximum absolute atomic E-state index is 13.6. The second-order valence-corrected chi connectivity index (χ2v) is 9.81. The summed E-state index contributed by atoms with van der Waals surface area (Å²) in [5, 5.41) is 2.89. The largest absolute Gasteiger partial charge is 0.459 e. The highest BCUT2D eigenvalue weighted by molar-refractivity contribution is 6.02. The monoisotopic (exact) mass is 480 g/mol. The molecule has 9 heteroatoms. The van der Waals surface area contributed by atoms with Crippen molar-refractivity contribution in [2.24, 2.45) is 5.92 Å². The summed E-state index contributed by atoms with van der Waals surface area (Å²) in [5.74, 6) is -0.820. The second-order valence-electron chi connectivity index (χ2n) is 9.81. The van der Waals surface area contributed by atoms with Gasteiger partial charge in [-0.25, -0.2) is 0 Å². The Labute approximate surface area is 205 Å². The molecule has 2 aromatic rings. The molecule has 2 unspecified atom stereocenters. The molecule has 2 aliphatic rings. The third-order valence-electron chi connectivity index (χ3n) is 6.65. The number of carbonyl (C=O) groups is 4. The van der Waals surface area contributed by atoms with E-state index in [2.05, 4.69) is 5.32 Å². The van der Waals surface area contributed by atoms with Crippen molar-refractivity contribution in [2.45, 2.75) is 44.8 Å². The van der Waals surface area contributed by atoms with Gasteiger partial charge >= 0.3 is 0 Å². The fourth-order valence-corrected chi connectivity index (χ4v) is 4.93. The Balaban J connectivity index is 1.49. The van der Waals surface area contributed by atoms with Crippen LogP contribution in [0.25, 0.3) is 0 Å². The number of amides is 3. The van der Waals surface area contributed by atoms with Gasteiger partial charge in [0.2, 0.25) is 5.91 Å². The number of furan rings is 1. The summed E-state index contributed by atoms with van der Waals surface area (Å²) >= 11 is 0. The fourth-order valence-electron chi connectivity index (χ4n) is 4.93. The summed E-state index contributed by atoms with van der Waals surface area (Å²) in [7, 11) is 3.84. The Hall–Kier alpha value is -3.62. The fraction of sp³-hybridized carbons (Fsp3) is 0.462. The first-order chi connectivity index (χ1) is 16.7. The number of ketones is 1. The van der Waals surface area contributed by atoms with E-state index in [1.54, 1.807) is 29.2 Å². The first-order valence-corrected chi connectivity index (χ1v) is 11.9. The zero-order valence-corrected chi connectivity index (χ0v) is 20.6. The van der Waals surface area contributed by atoms with E-state index in [1.807, 2.05) is 45.0 Å². The van der Waals surface area contributed by atoms with E-state index in [1.165, 1.54) is 11.2 Å². The van der Waals surface area contributed by atoms with Crippen molar-refractivity contribution in [3.8, 4) is 0 Å². The van der Waals surface area contributed by atoms with E-state index < -0.39 is 18.1 Å². The molecule has 0 radical (unpaired) electrons. The molecule has 0 saturated carbocycles. The standard InChI is InChI=1S/C26H32N4O5/c1-16(2)14-19(27-24(32)17-7-9-18(10-8-17)28(3)4)25(33)29-12-11-20-23(29)21(31)15-30(20)26(34)22-6-5-13-35-22/h5-10,13,16,19-20,23H,11-12,14-15H2,1-4H3,(H,27,32)/t19-,20?,23?/m0/s1. The van der Waals surface area contributed by atoms with Gasteiger partial charge in [0.15, 0.2) is 11.5 Å². The Morgan fingerprint density at radius 3 is 2.43 bits per heavy atom. The van der Waals surface area contributed by atoms with Crippen LogP contribution in [-0.2, 0) is 9.59 Å². The lowest BCUT2D eigenvalue weighted by molar-refractivity contribution is -0.138. The van der Waals surface area contributed by atoms with Crippen LogP contribution in [0.3, 0.4) is 0 Å². The van der Waals surface area contributed by atoms with Gasteiger partial charge in [-0.3, -0.25) is 19.2 Å². The minimum atomic E-state index is -0.766. The first kappa shape index (κ1) is 24.5. The molecule has 35 heavy (non-hydrogen) atoms. The number of rotatable bonds is 7. The van der Waals surface area contributed by atoms with Crippen LogP contribution >= 0.6 is 0 Å². The minimum Gasteiger partial charge on any atom is -0.459 e. The molecule has 4 rings (SSSR count). The highest BCUT2D eigenvalue weighted by atomic mass is 16.3. The van der Waals surface area contributed by atoms with Crippen molar-refractivity contribution >= 4 is 29.2 Å². The van der Waals surface area contributed by atoms with E-state index in [0.717, 1.165) is 5.69 Å². The smallest absolute Gasteiger partial charge is 0.290 e. The molecule has 3 atom stereocenters. The number of anilines is 1. The summed E-state index contributed by atoms with van der Waals surface area (Å²) < 4.78 is 5.22. The zero-order chi connectivity index (χ0) is 25.3. The van der Waals surface area contributed by atoms with Crippen LogP contribution < -0.4 is 10.2 Å². The van der Waals surface area contributed by atoms with Crippen LogP contribution in [0.15, 0.2) is 47.1 Å². The Morgan fingerprint density at radius 2 is 1.83 bits per heavy atom. The summed E-state index contributed by atoms with van der Waals surface area (Å²) in [6.07, 6.45) is 2.36. The molecular weight excluding hydrogens is 448 g/mol. The molecule has 2 aliphatic heterocycles. The molecule has 1 N–H and O–H groups in total. The molecule has 3 heterocycles. The van der Waals surface area contributed by atoms with Gasteiger partial charge in [0, 0.05) is 31.9 Å². The number of nitrogens with zero attached hydrogens (tertiary/aromatic N) is 3. The van der Waals surface area contributed by atoms with E-state index in [0.29, 0.717) is 24.9 Å². The van der Waals surface area contributed by atoms with Crippen molar-refractivity contribution in [3.05, 3.63) is 54.0 Å². The number of Topliss-reactive ketones (excluding diaryl/α,β-unsaturated/α-hetero) is 1. The second kappa shape index (κ2) is 9.93. The van der Waals surface area contributed by atoms with Gasteiger partial charge in [-0.2, -0.15) is 0 Å². The van der Waals surface area contributed by atoms with Crippen molar-refractivity contribution < 1.29 is 23.6 Å². The van der Waals surface area contributed by atoms with Gasteiger partial charge in [-0.15, -0.1) is 0 Å². The van der Waals surface area contributed by atoms with Crippen LogP contribution in [-0.4, -0.2) is 78.6 Å². The van der Waals surface area contributed by atoms with Crippen LogP contribution in [0.1, 0.15) is 47.6 Å². The number of hydrogen-bond acceptors (Lipinski definition) is 6. The first-order valence-electron chi connectivity index (χ1n) is 11.9. The maximum Gasteiger partial charge on any atom is 0.290 e. The van der Waals surface area contributed by atoms with Gasteiger partial charge < -0.3 is 24.4 Å². The summed E-state index contributed by atoms with van der Waals surface area (Å²) in [4.78, 5) is 57.3. The lowest BCUT2D eigenvalue weighted by Gasteiger charge is -2.29. The van der Waals surface area contributed by atoms with Crippen LogP contribution in [0.2, 0.25) is 0 Å². The quantitative estimate of drug-likeness (QED) is 0.652. The molecule has 0 bridgehead atoms. The molecule has 0 spiro atoms. The molecule has 186 valence electrons. The van der Waals surface area contributed by atoms with Gasteiger partial charge in [-0.1, -0.05) is 13.8 Å². The van der Waals surface area contributed by atoms with E-state index >= 15 is 0 Å². The molecule has 0 aliphatic carbocycles. The number of likely N-dealkylation sites (tertiary alicyclic amines) is 2. The van der Waals surface area contributed by atoms with Crippen LogP contribution in [0.5, 0.6) is 0 Å². The van der Waals surface area contributed by atoms with Crippen molar-refractivity contribution in [1.29, 1.82) is 0 Å². The Morgan fingerprint density at radius 1 is 1.11 bits per heavy atom. The predicted octanol–water partition coefficient (Wildman–Crippen LogP) is 2.18. The summed E-state index contributed by atoms with van der Waals surface area (Å²) in [6.45, 7) is 4.26. The van der Waals surface area contributed by atoms with Crippen molar-refractivity contribution in [2.75, 3.05) is 32.1 Å². The SMILES string of the molecule is CC(C)C[C@H](NC(=O)c1ccc(N(C)C)cc1)C(=O)N1CCC2C1C(=O)CN2C(=O)c1ccco1. The molecule has 1 aromatic carbocycles. The van der Waals surface area contributed by atoms with Gasteiger partial charge in [-0.05, 0) is 55.2 Å². The van der Waals surface area contributed by atoms with Crippen LogP contribution in [0, 0.1) is 5.92 Å². The predicted molar refractivity (Wildman–Crippen MR) is 130 cm³/mol. The molecular formula is C26H32N4O5. The Kier molecular flexibility index (Phi) is 6.95. The lowest BCUT2D eigenvalue weighted by atomic mass is 10.0. The molecule has 3 amide bonds. The van der Waals surface area contributed by atoms with E-state index in [9.17, 15) is 19.2 Å². The van der Waals surface area contributed by atoms with E-state index in [-0.39, 0.29) is 41.7 Å². The van der Waals surface area contributed by atoms with Crippen LogP contribution in [0.4, 0.5) is 5.69 Å². The summed E-state index contributed by atoms with van der Waals surface area (Å²) in [5.41, 5.74) is 1.43. The number of nitrogens with one attached hydrogen (secondary N) is 1. The van der Waals surface area contributed by atoms with Gasteiger partial charge in [0.25, 0.3) is 11.8 Å². The Bertz CT molecular complexity index is 1090. The van der Waals surface area contributed by atoms with Gasteiger partial charge in [0.05, 0.1) is 18.8 Å². The number of hydrogen-bond donors (Lipinski definition) is 1. The van der Waals surface area contributed by atoms with Gasteiger partial charge in [0.1, 0.15) is 12.1 Å². The average Bonchev–Trinajstić information content (AvgIpc) is 3.56. The number of benzene rings is 1. The zero-order valence-electron chi connectivity index (χ0n) is 20.6. The molecule has 9 nitrogen and oxygen atoms in total.